The summed E-state index contributed by atoms with van der Waals surface area (Å²) in [6.45, 7) is 15.0. The molecule has 0 aromatic heterocycles. The molecule has 4 aromatic rings. The largest absolute Gasteiger partial charge is 0.501 e. The standard InChI is InChI=1S/C51H64ClF3N5O7PS3/c1-5-67-68(4,62)37-59-25-23-57(24-26-59)34-38(36-69-45-9-7-6-8-10-45)31-41-15-20-46(32-48(41)70(63,64)51(53,54)55)71(65,66)56-49(61)40-13-18-44(19-14-40)60-29-27-58(28-30-60)35-42-33-50(2,3)22-21-47(42)39-11-16-43(52)17-12-39/h6-20,32,38H,5,21-31,33-37H2,1-4H3,(H,56,61). The van der Waals surface area contributed by atoms with Gasteiger partial charge < -0.3 is 14.3 Å². The zero-order chi connectivity index (χ0) is 51.2. The Morgan fingerprint density at radius 2 is 1.49 bits per heavy atom. The third-order valence-electron chi connectivity index (χ3n) is 13.4. The van der Waals surface area contributed by atoms with Gasteiger partial charge in [0.2, 0.25) is 7.37 Å². The smallest absolute Gasteiger partial charge is 0.369 e. The highest BCUT2D eigenvalue weighted by Crippen LogP contribution is 2.44. The second-order valence-electron chi connectivity index (χ2n) is 19.6. The van der Waals surface area contributed by atoms with Crippen LogP contribution in [0.4, 0.5) is 18.9 Å². The van der Waals surface area contributed by atoms with E-state index in [0.29, 0.717) is 62.5 Å². The second-order valence-corrected chi connectivity index (χ2v) is 27.3. The SMILES string of the molecule is CCOP(C)(=O)CN1CCN(CC(CSc2ccccc2)Cc2ccc(S(=O)(=O)NC(=O)c3ccc(N4CCN(CC5=C(c6ccc(Cl)cc6)CCC(C)(C)C5)CC4)cc3)cc2S(=O)(=O)C(F)(F)F)CC1. The summed E-state index contributed by atoms with van der Waals surface area (Å²) in [7, 11) is -13.7. The summed E-state index contributed by atoms with van der Waals surface area (Å²) in [5.41, 5.74) is -0.830. The molecular formula is C51H64ClF3N5O7PS3. The lowest BCUT2D eigenvalue weighted by Gasteiger charge is -2.39. The maximum absolute atomic E-state index is 14.4. The van der Waals surface area contributed by atoms with Crippen LogP contribution in [-0.2, 0) is 35.4 Å². The molecule has 0 radical (unpaired) electrons. The number of hydrogen-bond donors (Lipinski definition) is 1. The average Bonchev–Trinajstić information content (AvgIpc) is 3.31. The van der Waals surface area contributed by atoms with Crippen molar-refractivity contribution in [2.75, 3.05) is 95.7 Å². The van der Waals surface area contributed by atoms with Crippen molar-refractivity contribution < 1.29 is 43.9 Å². The van der Waals surface area contributed by atoms with Crippen LogP contribution in [0.1, 0.15) is 61.5 Å². The first-order valence-corrected chi connectivity index (χ1v) is 30.5. The Hall–Kier alpha value is -3.71. The molecule has 1 N–H and O–H groups in total. The number of allylic oxidation sites excluding steroid dienone is 1. The number of hydrogen-bond acceptors (Lipinski definition) is 12. The van der Waals surface area contributed by atoms with Gasteiger partial charge in [0, 0.05) is 99.0 Å². The first-order chi connectivity index (χ1) is 33.5. The molecule has 0 bridgehead atoms. The van der Waals surface area contributed by atoms with Crippen LogP contribution in [0.25, 0.3) is 5.57 Å². The number of carbonyl (C=O) groups excluding carboxylic acids is 1. The maximum Gasteiger partial charge on any atom is 0.501 e. The number of anilines is 1. The summed E-state index contributed by atoms with van der Waals surface area (Å²) < 4.78 is 117. The molecule has 7 rings (SSSR count). The van der Waals surface area contributed by atoms with Crippen LogP contribution in [0.2, 0.25) is 5.02 Å². The predicted octanol–water partition coefficient (Wildman–Crippen LogP) is 10.0. The van der Waals surface area contributed by atoms with E-state index >= 15 is 0 Å². The highest BCUT2D eigenvalue weighted by Gasteiger charge is 2.48. The van der Waals surface area contributed by atoms with Gasteiger partial charge >= 0.3 is 5.51 Å². The average molecular weight is 1080 g/mol. The van der Waals surface area contributed by atoms with E-state index in [2.05, 4.69) is 45.6 Å². The van der Waals surface area contributed by atoms with Gasteiger partial charge in [-0.1, -0.05) is 67.4 Å². The van der Waals surface area contributed by atoms with Crippen LogP contribution in [0.3, 0.4) is 0 Å². The van der Waals surface area contributed by atoms with E-state index in [-0.39, 0.29) is 28.9 Å². The highest BCUT2D eigenvalue weighted by atomic mass is 35.5. The van der Waals surface area contributed by atoms with Crippen LogP contribution in [0, 0.1) is 11.3 Å². The topological polar surface area (TPSA) is 137 Å². The van der Waals surface area contributed by atoms with Gasteiger partial charge in [-0.3, -0.25) is 19.2 Å². The number of benzene rings is 4. The van der Waals surface area contributed by atoms with Crippen molar-refractivity contribution in [3.8, 4) is 0 Å². The number of nitrogens with one attached hydrogen (secondary N) is 1. The Labute approximate surface area is 426 Å². The van der Waals surface area contributed by atoms with Gasteiger partial charge in [0.15, 0.2) is 0 Å². The molecule has 386 valence electrons. The first-order valence-electron chi connectivity index (χ1n) is 23.9. The van der Waals surface area contributed by atoms with E-state index in [1.807, 2.05) is 47.2 Å². The summed E-state index contributed by atoms with van der Waals surface area (Å²) in [4.78, 5) is 21.2. The fraction of sp³-hybridized carbons (Fsp3) is 0.471. The Balaban J connectivity index is 1.02. The fourth-order valence-corrected chi connectivity index (χ4v) is 14.5. The number of sulfonamides is 1. The Morgan fingerprint density at radius 3 is 2.13 bits per heavy atom. The zero-order valence-corrected chi connectivity index (χ0v) is 44.8. The molecule has 2 aliphatic heterocycles. The monoisotopic (exact) mass is 1080 g/mol. The molecule has 2 fully saturated rings. The Kier molecular flexibility index (Phi) is 18.0. The van der Waals surface area contributed by atoms with Crippen LogP contribution in [-0.4, -0.2) is 134 Å². The number of thioether (sulfide) groups is 1. The Morgan fingerprint density at radius 1 is 0.859 bits per heavy atom. The minimum Gasteiger partial charge on any atom is -0.369 e. The molecule has 2 unspecified atom stereocenters. The summed E-state index contributed by atoms with van der Waals surface area (Å²) in [6.07, 6.45) is 3.32. The summed E-state index contributed by atoms with van der Waals surface area (Å²) >= 11 is 7.68. The van der Waals surface area contributed by atoms with Gasteiger partial charge in [-0.05, 0) is 121 Å². The van der Waals surface area contributed by atoms with Crippen molar-refractivity contribution in [1.82, 2.24) is 19.4 Å². The third-order valence-corrected chi connectivity index (χ3v) is 19.5. The van der Waals surface area contributed by atoms with Crippen molar-refractivity contribution in [3.63, 3.8) is 0 Å². The lowest BCUT2D eigenvalue weighted by Crippen LogP contribution is -2.48. The van der Waals surface area contributed by atoms with E-state index in [4.69, 9.17) is 16.1 Å². The minimum atomic E-state index is -6.05. The number of sulfone groups is 1. The molecule has 2 heterocycles. The number of alkyl halides is 3. The molecule has 1 amide bonds. The molecule has 20 heteroatoms. The normalized spacial score (nSPS) is 19.1. The van der Waals surface area contributed by atoms with Gasteiger partial charge in [0.25, 0.3) is 25.8 Å². The quantitative estimate of drug-likeness (QED) is 0.0707. The molecule has 71 heavy (non-hydrogen) atoms. The third kappa shape index (κ3) is 14.8. The van der Waals surface area contributed by atoms with E-state index < -0.39 is 48.4 Å². The second kappa shape index (κ2) is 23.2. The highest BCUT2D eigenvalue weighted by molar-refractivity contribution is 7.99. The van der Waals surface area contributed by atoms with Crippen molar-refractivity contribution in [2.45, 2.75) is 66.6 Å². The van der Waals surface area contributed by atoms with Crippen LogP contribution < -0.4 is 9.62 Å². The number of amides is 1. The number of nitrogens with zero attached hydrogens (tertiary/aromatic N) is 4. The molecule has 3 aliphatic rings. The molecule has 1 aliphatic carbocycles. The number of piperazine rings is 2. The Bertz CT molecular complexity index is 2790. The molecule has 12 nitrogen and oxygen atoms in total. The van der Waals surface area contributed by atoms with Gasteiger partial charge in [0.1, 0.15) is 0 Å². The molecule has 2 atom stereocenters. The summed E-state index contributed by atoms with van der Waals surface area (Å²) in [5, 5.41) is 0.711. The minimum absolute atomic E-state index is 0.00473. The van der Waals surface area contributed by atoms with Gasteiger partial charge in [-0.25, -0.2) is 21.6 Å². The number of rotatable bonds is 19. The number of halogens is 4. The first kappa shape index (κ1) is 55.0. The van der Waals surface area contributed by atoms with Crippen molar-refractivity contribution in [1.29, 1.82) is 0 Å². The molecule has 2 saturated heterocycles. The summed E-state index contributed by atoms with van der Waals surface area (Å²) in [5.74, 6) is -0.980. The molecule has 0 spiro atoms. The van der Waals surface area contributed by atoms with Gasteiger partial charge in [-0.15, -0.1) is 11.8 Å². The van der Waals surface area contributed by atoms with E-state index in [9.17, 15) is 39.4 Å². The van der Waals surface area contributed by atoms with Crippen molar-refractivity contribution in [2.24, 2.45) is 11.3 Å². The summed E-state index contributed by atoms with van der Waals surface area (Å²) in [6, 6.07) is 26.5. The molecular weight excluding hydrogens is 1010 g/mol. The van der Waals surface area contributed by atoms with Crippen molar-refractivity contribution in [3.05, 3.63) is 124 Å². The molecule has 0 saturated carbocycles. The van der Waals surface area contributed by atoms with Gasteiger partial charge in [-0.2, -0.15) is 13.2 Å². The van der Waals surface area contributed by atoms with Gasteiger partial charge in [0.05, 0.1) is 22.7 Å². The predicted molar refractivity (Wildman–Crippen MR) is 278 cm³/mol. The zero-order valence-electron chi connectivity index (χ0n) is 40.7. The van der Waals surface area contributed by atoms with E-state index in [1.165, 1.54) is 40.6 Å². The van der Waals surface area contributed by atoms with Crippen LogP contribution in [0.5, 0.6) is 0 Å². The maximum atomic E-state index is 14.4. The van der Waals surface area contributed by atoms with E-state index in [0.717, 1.165) is 74.7 Å². The molecule has 4 aromatic carbocycles. The van der Waals surface area contributed by atoms with E-state index in [1.54, 1.807) is 25.7 Å². The lowest BCUT2D eigenvalue weighted by molar-refractivity contribution is -0.0436. The fourth-order valence-electron chi connectivity index (χ4n) is 9.68. The number of carbonyl (C=O) groups is 1. The van der Waals surface area contributed by atoms with Crippen molar-refractivity contribution >= 4 is 67.8 Å². The van der Waals surface area contributed by atoms with Crippen LogP contribution >= 0.6 is 30.7 Å². The lowest BCUT2D eigenvalue weighted by atomic mass is 9.73. The van der Waals surface area contributed by atoms with Crippen LogP contribution in [0.15, 0.2) is 117 Å².